The highest BCUT2D eigenvalue weighted by Gasteiger charge is 2.56. The summed E-state index contributed by atoms with van der Waals surface area (Å²) >= 11 is 0. The Kier molecular flexibility index (Phi) is 1.03. The second kappa shape index (κ2) is 1.87. The smallest absolute Gasteiger partial charge is 0.159 e. The van der Waals surface area contributed by atoms with Gasteiger partial charge in [0.25, 0.3) is 0 Å². The van der Waals surface area contributed by atoms with Crippen LogP contribution in [0.5, 0.6) is 0 Å². The van der Waals surface area contributed by atoms with E-state index in [2.05, 4.69) is 0 Å². The van der Waals surface area contributed by atoms with Crippen LogP contribution in [-0.2, 0) is 9.59 Å². The molecule has 0 unspecified atom stereocenters. The average molecular weight is 162 g/mol. The van der Waals surface area contributed by atoms with Crippen molar-refractivity contribution in [1.82, 2.24) is 0 Å². The largest absolute Gasteiger partial charge is 0.299 e. The van der Waals surface area contributed by atoms with Crippen LogP contribution in [0.2, 0.25) is 0 Å². The van der Waals surface area contributed by atoms with Crippen molar-refractivity contribution in [3.63, 3.8) is 0 Å². The van der Waals surface area contributed by atoms with Gasteiger partial charge in [-0.05, 0) is 24.3 Å². The number of fused-ring (bicyclic) bond motifs is 3. The second-order valence-corrected chi connectivity index (χ2v) is 4.14. The summed E-state index contributed by atoms with van der Waals surface area (Å²) in [5.41, 5.74) is 0. The molecule has 3 aliphatic rings. The van der Waals surface area contributed by atoms with Crippen LogP contribution in [0.4, 0.5) is 0 Å². The zero-order valence-electron chi connectivity index (χ0n) is 6.69. The molecule has 0 spiro atoms. The highest BCUT2D eigenvalue weighted by molar-refractivity contribution is 6.01. The molecule has 3 rings (SSSR count). The zero-order valence-corrected chi connectivity index (χ0v) is 6.69. The number of allylic oxidation sites excluding steroid dienone is 2. The van der Waals surface area contributed by atoms with Gasteiger partial charge in [-0.1, -0.05) is 6.08 Å². The number of ketones is 2. The van der Waals surface area contributed by atoms with Crippen LogP contribution in [-0.4, -0.2) is 11.6 Å². The van der Waals surface area contributed by atoms with E-state index in [1.807, 2.05) is 6.08 Å². The van der Waals surface area contributed by atoms with Crippen LogP contribution in [0.15, 0.2) is 12.2 Å². The fourth-order valence-electron chi connectivity index (χ4n) is 3.03. The van der Waals surface area contributed by atoms with Gasteiger partial charge in [0.2, 0.25) is 0 Å². The van der Waals surface area contributed by atoms with Crippen molar-refractivity contribution >= 4 is 11.6 Å². The lowest BCUT2D eigenvalue weighted by Crippen LogP contribution is -2.38. The number of hydrogen-bond donors (Lipinski definition) is 0. The van der Waals surface area contributed by atoms with Gasteiger partial charge in [0.05, 0.1) is 0 Å². The first kappa shape index (κ1) is 6.58. The highest BCUT2D eigenvalue weighted by atomic mass is 16.1. The summed E-state index contributed by atoms with van der Waals surface area (Å²) in [6.07, 6.45) is 5.47. The van der Waals surface area contributed by atoms with Crippen molar-refractivity contribution in [1.29, 1.82) is 0 Å². The quantitative estimate of drug-likeness (QED) is 0.531. The predicted molar refractivity (Wildman–Crippen MR) is 42.3 cm³/mol. The van der Waals surface area contributed by atoms with Crippen molar-refractivity contribution in [2.24, 2.45) is 23.7 Å². The fraction of sp³-hybridized carbons (Fsp3) is 0.600. The molecular weight excluding hydrogens is 152 g/mol. The molecule has 62 valence electrons. The summed E-state index contributed by atoms with van der Waals surface area (Å²) in [5.74, 6) is 1.62. The Morgan fingerprint density at radius 3 is 2.83 bits per heavy atom. The van der Waals surface area contributed by atoms with E-state index in [-0.39, 0.29) is 17.6 Å². The first-order valence-corrected chi connectivity index (χ1v) is 4.52. The zero-order chi connectivity index (χ0) is 8.29. The molecule has 0 saturated heterocycles. The molecule has 12 heavy (non-hydrogen) atoms. The van der Waals surface area contributed by atoms with Gasteiger partial charge in [0.1, 0.15) is 5.78 Å². The van der Waals surface area contributed by atoms with Crippen molar-refractivity contribution in [2.75, 3.05) is 0 Å². The third-order valence-electron chi connectivity index (χ3n) is 3.60. The molecule has 2 saturated carbocycles. The number of hydrogen-bond acceptors (Lipinski definition) is 2. The predicted octanol–water partition coefficient (Wildman–Crippen LogP) is 0.967. The maximum absolute atomic E-state index is 11.4. The van der Waals surface area contributed by atoms with E-state index >= 15 is 0 Å². The van der Waals surface area contributed by atoms with Gasteiger partial charge in [-0.3, -0.25) is 9.59 Å². The molecule has 0 N–H and O–H groups in total. The molecule has 2 nitrogen and oxygen atoms in total. The summed E-state index contributed by atoms with van der Waals surface area (Å²) in [4.78, 5) is 22.6. The molecule has 4 atom stereocenters. The Balaban J connectivity index is 1.98. The number of carbonyl (C=O) groups excluding carboxylic acids is 2. The van der Waals surface area contributed by atoms with Crippen LogP contribution in [0.1, 0.15) is 12.8 Å². The van der Waals surface area contributed by atoms with E-state index in [0.29, 0.717) is 17.6 Å². The lowest BCUT2D eigenvalue weighted by atomic mass is 9.70. The third-order valence-corrected chi connectivity index (χ3v) is 3.60. The molecule has 0 amide bonds. The van der Waals surface area contributed by atoms with Crippen molar-refractivity contribution < 1.29 is 9.59 Å². The van der Waals surface area contributed by atoms with E-state index in [0.717, 1.165) is 12.8 Å². The van der Waals surface area contributed by atoms with Crippen LogP contribution < -0.4 is 0 Å². The molecule has 0 radical (unpaired) electrons. The standard InChI is InChI=1S/C10H10O2/c11-7-2-1-5-3-6-4-8(12)10(6)9(5)7/h1-2,5-6,9-10H,3-4H2/t5-,6-,9+,10-/m1/s1. The maximum Gasteiger partial charge on any atom is 0.159 e. The normalized spacial score (nSPS) is 49.0. The van der Waals surface area contributed by atoms with E-state index < -0.39 is 0 Å². The molecule has 2 fully saturated rings. The SMILES string of the molecule is O=C1C[C@H]2C[C@H]3C=CC(=O)[C@H]3[C@@H]12. The topological polar surface area (TPSA) is 34.1 Å². The first-order valence-electron chi connectivity index (χ1n) is 4.52. The van der Waals surface area contributed by atoms with Crippen molar-refractivity contribution in [3.8, 4) is 0 Å². The van der Waals surface area contributed by atoms with Crippen molar-refractivity contribution in [3.05, 3.63) is 12.2 Å². The lowest BCUT2D eigenvalue weighted by Gasteiger charge is -2.30. The molecule has 3 aliphatic carbocycles. The van der Waals surface area contributed by atoms with Gasteiger partial charge in [0.15, 0.2) is 5.78 Å². The fourth-order valence-corrected chi connectivity index (χ4v) is 3.03. The van der Waals surface area contributed by atoms with E-state index in [9.17, 15) is 9.59 Å². The van der Waals surface area contributed by atoms with Gasteiger partial charge in [-0.25, -0.2) is 0 Å². The molecule has 2 heteroatoms. The molecule has 0 aliphatic heterocycles. The van der Waals surface area contributed by atoms with E-state index in [4.69, 9.17) is 0 Å². The van der Waals surface area contributed by atoms with Crippen LogP contribution in [0.25, 0.3) is 0 Å². The number of rotatable bonds is 0. The van der Waals surface area contributed by atoms with Crippen molar-refractivity contribution in [2.45, 2.75) is 12.8 Å². The minimum absolute atomic E-state index is 0.0521. The van der Waals surface area contributed by atoms with Gasteiger partial charge in [-0.15, -0.1) is 0 Å². The summed E-state index contributed by atoms with van der Waals surface area (Å²) < 4.78 is 0. The van der Waals surface area contributed by atoms with E-state index in [1.165, 1.54) is 0 Å². The summed E-state index contributed by atoms with van der Waals surface area (Å²) in [7, 11) is 0. The Morgan fingerprint density at radius 1 is 1.25 bits per heavy atom. The lowest BCUT2D eigenvalue weighted by molar-refractivity contribution is -0.138. The summed E-state index contributed by atoms with van der Waals surface area (Å²) in [6, 6.07) is 0. The van der Waals surface area contributed by atoms with Crippen LogP contribution >= 0.6 is 0 Å². The third kappa shape index (κ3) is 0.576. The number of carbonyl (C=O) groups is 2. The van der Waals surface area contributed by atoms with Gasteiger partial charge in [-0.2, -0.15) is 0 Å². The van der Waals surface area contributed by atoms with Gasteiger partial charge in [0, 0.05) is 18.3 Å². The monoisotopic (exact) mass is 162 g/mol. The number of Topliss-reactive ketones (excluding diaryl/α,β-unsaturated/α-hetero) is 1. The minimum Gasteiger partial charge on any atom is -0.299 e. The van der Waals surface area contributed by atoms with Gasteiger partial charge >= 0.3 is 0 Å². The minimum atomic E-state index is 0.0521. The highest BCUT2D eigenvalue weighted by Crippen LogP contribution is 2.53. The average Bonchev–Trinajstić information content (AvgIpc) is 2.48. The maximum atomic E-state index is 11.4. The molecule has 0 heterocycles. The Labute approximate surface area is 70.6 Å². The summed E-state index contributed by atoms with van der Waals surface area (Å²) in [6.45, 7) is 0. The molecule has 0 aromatic heterocycles. The van der Waals surface area contributed by atoms with Gasteiger partial charge < -0.3 is 0 Å². The molecule has 0 aromatic carbocycles. The Bertz CT molecular complexity index is 303. The molecular formula is C10H10O2. The summed E-state index contributed by atoms with van der Waals surface area (Å²) in [5, 5.41) is 0. The molecule has 0 bridgehead atoms. The van der Waals surface area contributed by atoms with Crippen LogP contribution in [0, 0.1) is 23.7 Å². The Morgan fingerprint density at radius 2 is 2.08 bits per heavy atom. The Hall–Kier alpha value is -0.920. The molecule has 0 aromatic rings. The first-order chi connectivity index (χ1) is 5.77. The van der Waals surface area contributed by atoms with Crippen LogP contribution in [0.3, 0.4) is 0 Å². The second-order valence-electron chi connectivity index (χ2n) is 4.14. The van der Waals surface area contributed by atoms with E-state index in [1.54, 1.807) is 6.08 Å².